The number of nitrogen functional groups attached to an aromatic ring is 1. The summed E-state index contributed by atoms with van der Waals surface area (Å²) < 4.78 is 17.8. The summed E-state index contributed by atoms with van der Waals surface area (Å²) in [5.41, 5.74) is 6.42. The van der Waals surface area contributed by atoms with Gasteiger partial charge in [-0.2, -0.15) is 5.10 Å². The maximum Gasteiger partial charge on any atom is 0.256 e. The average Bonchev–Trinajstić information content (AvgIpc) is 3.24. The van der Waals surface area contributed by atoms with E-state index in [1.807, 2.05) is 0 Å². The first-order valence-electron chi connectivity index (χ1n) is 7.15. The second-order valence-electron chi connectivity index (χ2n) is 5.07. The van der Waals surface area contributed by atoms with Crippen molar-refractivity contribution in [3.63, 3.8) is 0 Å². The van der Waals surface area contributed by atoms with E-state index in [4.69, 9.17) is 22.7 Å². The van der Waals surface area contributed by atoms with E-state index in [1.54, 1.807) is 0 Å². The van der Waals surface area contributed by atoms with Gasteiger partial charge in [0.1, 0.15) is 22.9 Å². The standard InChI is InChI=1S/C14H12ClFN8O2/c15-8-3-6(1-2-9(8)16)21-13(18)11-10(23-26-24-11)5-19-14(25)7-4-20-22-12(7)17/h1-4H,5H2,(H2,18,21)(H,19,25)(H3,17,20,22). The van der Waals surface area contributed by atoms with Gasteiger partial charge in [-0.05, 0) is 23.4 Å². The molecule has 1 amide bonds. The molecule has 3 aromatic rings. The summed E-state index contributed by atoms with van der Waals surface area (Å²) in [7, 11) is 0. The molecule has 3 rings (SSSR count). The zero-order valence-corrected chi connectivity index (χ0v) is 13.8. The van der Waals surface area contributed by atoms with Crippen LogP contribution in [0.25, 0.3) is 0 Å². The van der Waals surface area contributed by atoms with Crippen molar-refractivity contribution in [1.29, 1.82) is 5.41 Å². The molecule has 134 valence electrons. The van der Waals surface area contributed by atoms with Crippen molar-refractivity contribution in [2.24, 2.45) is 0 Å². The van der Waals surface area contributed by atoms with Crippen LogP contribution in [0, 0.1) is 11.2 Å². The van der Waals surface area contributed by atoms with Crippen molar-refractivity contribution >= 4 is 34.8 Å². The lowest BCUT2D eigenvalue weighted by molar-refractivity contribution is 0.0951. The fraction of sp³-hybridized carbons (Fsp3) is 0.0714. The smallest absolute Gasteiger partial charge is 0.256 e. The first-order chi connectivity index (χ1) is 12.5. The fourth-order valence-electron chi connectivity index (χ4n) is 2.03. The third kappa shape index (κ3) is 3.62. The van der Waals surface area contributed by atoms with E-state index in [0.717, 1.165) is 6.07 Å². The number of hydrogen-bond donors (Lipinski definition) is 5. The Balaban J connectivity index is 1.67. The number of nitrogens with one attached hydrogen (secondary N) is 4. The summed E-state index contributed by atoms with van der Waals surface area (Å²) >= 11 is 5.70. The van der Waals surface area contributed by atoms with Gasteiger partial charge in [0, 0.05) is 5.69 Å². The van der Waals surface area contributed by atoms with Crippen LogP contribution >= 0.6 is 11.6 Å². The Kier molecular flexibility index (Phi) is 4.80. The van der Waals surface area contributed by atoms with E-state index in [-0.39, 0.29) is 40.2 Å². The lowest BCUT2D eigenvalue weighted by Crippen LogP contribution is -2.25. The summed E-state index contributed by atoms with van der Waals surface area (Å²) in [4.78, 5) is 12.0. The van der Waals surface area contributed by atoms with Gasteiger partial charge in [-0.3, -0.25) is 15.3 Å². The summed E-state index contributed by atoms with van der Waals surface area (Å²) in [6.07, 6.45) is 1.29. The molecule has 0 aliphatic heterocycles. The first-order valence-corrected chi connectivity index (χ1v) is 7.53. The molecule has 1 aromatic carbocycles. The number of H-pyrrole nitrogens is 1. The van der Waals surface area contributed by atoms with Gasteiger partial charge >= 0.3 is 0 Å². The van der Waals surface area contributed by atoms with Gasteiger partial charge in [0.05, 0.1) is 17.8 Å². The van der Waals surface area contributed by atoms with Gasteiger partial charge in [-0.1, -0.05) is 16.8 Å². The van der Waals surface area contributed by atoms with Crippen LogP contribution in [0.4, 0.5) is 15.9 Å². The second-order valence-corrected chi connectivity index (χ2v) is 5.48. The molecule has 10 nitrogen and oxygen atoms in total. The second kappa shape index (κ2) is 7.19. The van der Waals surface area contributed by atoms with Crippen LogP contribution in [0.2, 0.25) is 5.02 Å². The minimum absolute atomic E-state index is 0.0590. The Morgan fingerprint density at radius 3 is 2.92 bits per heavy atom. The zero-order valence-electron chi connectivity index (χ0n) is 13.0. The molecular formula is C14H12ClFN8O2. The molecule has 2 heterocycles. The Morgan fingerprint density at radius 1 is 1.42 bits per heavy atom. The molecule has 0 radical (unpaired) electrons. The molecule has 0 unspecified atom stereocenters. The van der Waals surface area contributed by atoms with Gasteiger partial charge < -0.3 is 16.4 Å². The maximum absolute atomic E-state index is 13.2. The van der Waals surface area contributed by atoms with Gasteiger partial charge in [-0.25, -0.2) is 9.02 Å². The lowest BCUT2D eigenvalue weighted by Gasteiger charge is -2.07. The number of carbonyl (C=O) groups is 1. The van der Waals surface area contributed by atoms with Crippen molar-refractivity contribution in [3.05, 3.63) is 52.2 Å². The van der Waals surface area contributed by atoms with Crippen LogP contribution in [-0.2, 0) is 6.54 Å². The Hall–Kier alpha value is -3.47. The van der Waals surface area contributed by atoms with E-state index in [2.05, 4.69) is 35.8 Å². The number of nitrogens with two attached hydrogens (primary N) is 1. The molecule has 6 N–H and O–H groups in total. The predicted octanol–water partition coefficient (Wildman–Crippen LogP) is 1.53. The number of halogens is 2. The summed E-state index contributed by atoms with van der Waals surface area (Å²) in [5, 5.41) is 26.6. The molecule has 26 heavy (non-hydrogen) atoms. The molecule has 0 aliphatic carbocycles. The highest BCUT2D eigenvalue weighted by Crippen LogP contribution is 2.20. The van der Waals surface area contributed by atoms with E-state index in [0.29, 0.717) is 5.69 Å². The monoisotopic (exact) mass is 378 g/mol. The first kappa shape index (κ1) is 17.4. The molecule has 0 saturated carbocycles. The highest BCUT2D eigenvalue weighted by molar-refractivity contribution is 6.31. The summed E-state index contributed by atoms with van der Waals surface area (Å²) in [6, 6.07) is 3.89. The van der Waals surface area contributed by atoms with Crippen molar-refractivity contribution < 1.29 is 13.8 Å². The normalized spacial score (nSPS) is 10.5. The number of amides is 1. The van der Waals surface area contributed by atoms with Crippen molar-refractivity contribution in [1.82, 2.24) is 25.8 Å². The number of hydrogen-bond acceptors (Lipinski definition) is 7. The van der Waals surface area contributed by atoms with Crippen molar-refractivity contribution in [2.75, 3.05) is 11.1 Å². The largest absolute Gasteiger partial charge is 0.383 e. The van der Waals surface area contributed by atoms with Gasteiger partial charge in [0.15, 0.2) is 11.5 Å². The van der Waals surface area contributed by atoms with Crippen molar-refractivity contribution in [2.45, 2.75) is 6.54 Å². The van der Waals surface area contributed by atoms with Crippen LogP contribution in [0.1, 0.15) is 21.7 Å². The van der Waals surface area contributed by atoms with Gasteiger partial charge in [0.25, 0.3) is 5.91 Å². The van der Waals surface area contributed by atoms with Crippen LogP contribution in [0.15, 0.2) is 29.0 Å². The quantitative estimate of drug-likeness (QED) is 0.332. The van der Waals surface area contributed by atoms with Crippen LogP contribution in [-0.4, -0.2) is 32.3 Å². The molecule has 0 spiro atoms. The molecule has 2 aromatic heterocycles. The number of amidine groups is 1. The number of anilines is 2. The van der Waals surface area contributed by atoms with E-state index < -0.39 is 11.7 Å². The van der Waals surface area contributed by atoms with Crippen LogP contribution < -0.4 is 16.4 Å². The molecule has 0 aliphatic rings. The number of rotatable bonds is 5. The number of aromatic amines is 1. The summed E-state index contributed by atoms with van der Waals surface area (Å²) in [6.45, 7) is -0.0590. The Morgan fingerprint density at radius 2 is 2.23 bits per heavy atom. The van der Waals surface area contributed by atoms with Gasteiger partial charge in [-0.15, -0.1) is 0 Å². The predicted molar refractivity (Wildman–Crippen MR) is 90.3 cm³/mol. The SMILES string of the molecule is N=C(Nc1ccc(F)c(Cl)c1)c1nonc1CNC(=O)c1cn[nH]c1N. The topological polar surface area (TPSA) is 159 Å². The van der Waals surface area contributed by atoms with E-state index in [9.17, 15) is 9.18 Å². The molecule has 0 fully saturated rings. The molecule has 0 saturated heterocycles. The zero-order chi connectivity index (χ0) is 18.7. The highest BCUT2D eigenvalue weighted by atomic mass is 35.5. The molecular weight excluding hydrogens is 367 g/mol. The maximum atomic E-state index is 13.2. The fourth-order valence-corrected chi connectivity index (χ4v) is 2.21. The highest BCUT2D eigenvalue weighted by Gasteiger charge is 2.18. The molecule has 0 atom stereocenters. The minimum Gasteiger partial charge on any atom is -0.383 e. The Bertz CT molecular complexity index is 970. The van der Waals surface area contributed by atoms with E-state index in [1.165, 1.54) is 18.3 Å². The number of benzene rings is 1. The van der Waals surface area contributed by atoms with Crippen LogP contribution in [0.3, 0.4) is 0 Å². The molecule has 12 heteroatoms. The van der Waals surface area contributed by atoms with E-state index >= 15 is 0 Å². The average molecular weight is 379 g/mol. The van der Waals surface area contributed by atoms with Crippen LogP contribution in [0.5, 0.6) is 0 Å². The number of carbonyl (C=O) groups excluding carboxylic acids is 1. The summed E-state index contributed by atoms with van der Waals surface area (Å²) in [5.74, 6) is -1.09. The van der Waals surface area contributed by atoms with Gasteiger partial charge in [0.2, 0.25) is 0 Å². The number of nitrogens with zero attached hydrogens (tertiary/aromatic N) is 3. The van der Waals surface area contributed by atoms with Crippen molar-refractivity contribution in [3.8, 4) is 0 Å². The molecule has 0 bridgehead atoms. The third-order valence-corrected chi connectivity index (χ3v) is 3.60. The lowest BCUT2D eigenvalue weighted by atomic mass is 10.2. The minimum atomic E-state index is -0.575. The number of aromatic nitrogens is 4. The Labute approximate surface area is 150 Å². The third-order valence-electron chi connectivity index (χ3n) is 3.31.